The van der Waals surface area contributed by atoms with E-state index in [9.17, 15) is 9.90 Å². The number of β-amino-alcohol motifs (C(OH)–C–C–N with tert-alkyl or cyclic N) is 1. The molecule has 6 heteroatoms. The molecule has 6 nitrogen and oxygen atoms in total. The molecule has 1 N–H and O–H groups in total. The number of carbonyl (C=O) groups excluding carboxylic acids is 1. The number of pyridine rings is 1. The van der Waals surface area contributed by atoms with E-state index < -0.39 is 6.10 Å². The minimum atomic E-state index is -0.536. The van der Waals surface area contributed by atoms with Crippen molar-refractivity contribution in [2.24, 2.45) is 0 Å². The molecule has 1 atom stereocenters. The van der Waals surface area contributed by atoms with Crippen LogP contribution in [0.5, 0.6) is 0 Å². The molecule has 28 heavy (non-hydrogen) atoms. The maximum absolute atomic E-state index is 12.7. The average Bonchev–Trinajstić information content (AvgIpc) is 3.01. The van der Waals surface area contributed by atoms with Gasteiger partial charge in [-0.1, -0.05) is 30.3 Å². The quantitative estimate of drug-likeness (QED) is 0.833. The number of carbonyl (C=O) groups is 1. The Morgan fingerprint density at radius 1 is 1.00 bits per heavy atom. The van der Waals surface area contributed by atoms with Crippen molar-refractivity contribution < 1.29 is 9.90 Å². The molecule has 2 aromatic rings. The van der Waals surface area contributed by atoms with Crippen molar-refractivity contribution in [3.05, 3.63) is 65.0 Å². The highest BCUT2D eigenvalue weighted by molar-refractivity contribution is 5.76. The molecule has 1 fully saturated rings. The monoisotopic (exact) mass is 380 g/mol. The highest BCUT2D eigenvalue weighted by Gasteiger charge is 2.30. The van der Waals surface area contributed by atoms with Gasteiger partial charge in [-0.2, -0.15) is 0 Å². The maximum Gasteiger partial charge on any atom is 0.320 e. The summed E-state index contributed by atoms with van der Waals surface area (Å²) in [6.07, 6.45) is 0.481. The molecule has 1 aromatic carbocycles. The molecule has 3 heterocycles. The largest absolute Gasteiger partial charge is 0.390 e. The van der Waals surface area contributed by atoms with Gasteiger partial charge in [-0.15, -0.1) is 0 Å². The number of urea groups is 1. The first kappa shape index (κ1) is 18.9. The number of hydrogen-bond donors (Lipinski definition) is 1. The van der Waals surface area contributed by atoms with Gasteiger partial charge < -0.3 is 14.9 Å². The van der Waals surface area contributed by atoms with Gasteiger partial charge in [0, 0.05) is 45.0 Å². The van der Waals surface area contributed by atoms with Crippen molar-refractivity contribution in [1.82, 2.24) is 19.7 Å². The summed E-state index contributed by atoms with van der Waals surface area (Å²) in [5, 5.41) is 10.6. The molecule has 4 rings (SSSR count). The van der Waals surface area contributed by atoms with E-state index in [1.807, 2.05) is 30.0 Å². The second kappa shape index (κ2) is 8.29. The Morgan fingerprint density at radius 3 is 2.61 bits per heavy atom. The van der Waals surface area contributed by atoms with Crippen molar-refractivity contribution in [2.45, 2.75) is 32.5 Å². The van der Waals surface area contributed by atoms with Crippen molar-refractivity contribution in [3.63, 3.8) is 0 Å². The van der Waals surface area contributed by atoms with Crippen LogP contribution in [0, 0.1) is 6.92 Å². The first-order valence-corrected chi connectivity index (χ1v) is 10.0. The van der Waals surface area contributed by atoms with Crippen LogP contribution in [0.3, 0.4) is 0 Å². The van der Waals surface area contributed by atoms with E-state index in [1.54, 1.807) is 4.90 Å². The van der Waals surface area contributed by atoms with Gasteiger partial charge in [0.25, 0.3) is 0 Å². The minimum Gasteiger partial charge on any atom is -0.390 e. The van der Waals surface area contributed by atoms with Gasteiger partial charge in [-0.3, -0.25) is 9.88 Å². The Kier molecular flexibility index (Phi) is 5.59. The van der Waals surface area contributed by atoms with Crippen LogP contribution in [0.2, 0.25) is 0 Å². The highest BCUT2D eigenvalue weighted by Crippen LogP contribution is 2.19. The Bertz CT molecular complexity index is 841. The second-order valence-electron chi connectivity index (χ2n) is 7.83. The van der Waals surface area contributed by atoms with Gasteiger partial charge in [-0.25, -0.2) is 4.79 Å². The molecule has 0 radical (unpaired) electrons. The third-order valence-corrected chi connectivity index (χ3v) is 5.59. The number of benzene rings is 1. The molecule has 0 aliphatic carbocycles. The fourth-order valence-corrected chi connectivity index (χ4v) is 4.15. The molecule has 0 saturated carbocycles. The van der Waals surface area contributed by atoms with Gasteiger partial charge >= 0.3 is 6.03 Å². The smallest absolute Gasteiger partial charge is 0.320 e. The first-order chi connectivity index (χ1) is 13.6. The van der Waals surface area contributed by atoms with Gasteiger partial charge in [-0.05, 0) is 36.6 Å². The standard InChI is InChI=1S/C22H28N4O2/c1-17-5-4-8-20(23-17)14-25-11-12-26(22(25)28)16-21(27)15-24-10-9-18-6-2-3-7-19(18)13-24/h2-8,21,27H,9-16H2,1H3. The molecule has 148 valence electrons. The van der Waals surface area contributed by atoms with Gasteiger partial charge in [0.2, 0.25) is 0 Å². The molecule has 2 aliphatic rings. The number of nitrogens with zero attached hydrogens (tertiary/aromatic N) is 4. The summed E-state index contributed by atoms with van der Waals surface area (Å²) in [5.74, 6) is 0. The molecule has 0 spiro atoms. The topological polar surface area (TPSA) is 59.9 Å². The third kappa shape index (κ3) is 4.34. The second-order valence-corrected chi connectivity index (χ2v) is 7.83. The van der Waals surface area contributed by atoms with Crippen molar-refractivity contribution in [3.8, 4) is 0 Å². The van der Waals surface area contributed by atoms with E-state index in [1.165, 1.54) is 11.1 Å². The van der Waals surface area contributed by atoms with Crippen LogP contribution in [-0.2, 0) is 19.5 Å². The molecule has 1 aromatic heterocycles. The van der Waals surface area contributed by atoms with Crippen molar-refractivity contribution in [2.75, 3.05) is 32.7 Å². The summed E-state index contributed by atoms with van der Waals surface area (Å²) in [5.41, 5.74) is 4.61. The highest BCUT2D eigenvalue weighted by atomic mass is 16.3. The summed E-state index contributed by atoms with van der Waals surface area (Å²) >= 11 is 0. The Balaban J connectivity index is 1.28. The zero-order valence-corrected chi connectivity index (χ0v) is 16.4. The number of aliphatic hydroxyl groups is 1. The van der Waals surface area contributed by atoms with Crippen LogP contribution in [0.25, 0.3) is 0 Å². The normalized spacial score (nSPS) is 18.4. The molecule has 1 unspecified atom stereocenters. The van der Waals surface area contributed by atoms with Crippen molar-refractivity contribution in [1.29, 1.82) is 0 Å². The first-order valence-electron chi connectivity index (χ1n) is 10.0. The predicted octanol–water partition coefficient (Wildman–Crippen LogP) is 2.05. The lowest BCUT2D eigenvalue weighted by molar-refractivity contribution is 0.0812. The molecule has 0 bridgehead atoms. The lowest BCUT2D eigenvalue weighted by Gasteiger charge is -2.31. The van der Waals surface area contributed by atoms with E-state index in [0.717, 1.165) is 30.9 Å². The van der Waals surface area contributed by atoms with E-state index in [0.29, 0.717) is 32.7 Å². The fraction of sp³-hybridized carbons (Fsp3) is 0.455. The zero-order valence-electron chi connectivity index (χ0n) is 16.4. The number of rotatable bonds is 6. The summed E-state index contributed by atoms with van der Waals surface area (Å²) < 4.78 is 0. The lowest BCUT2D eigenvalue weighted by Crippen LogP contribution is -2.43. The summed E-state index contributed by atoms with van der Waals surface area (Å²) in [4.78, 5) is 23.0. The Hall–Kier alpha value is -2.44. The lowest BCUT2D eigenvalue weighted by atomic mass is 10.00. The number of fused-ring (bicyclic) bond motifs is 1. The van der Waals surface area contributed by atoms with E-state index in [4.69, 9.17) is 0 Å². The van der Waals surface area contributed by atoms with Crippen LogP contribution in [0.1, 0.15) is 22.5 Å². The number of hydrogen-bond acceptors (Lipinski definition) is 4. The van der Waals surface area contributed by atoms with Crippen LogP contribution in [0.4, 0.5) is 4.79 Å². The molecular weight excluding hydrogens is 352 g/mol. The molecule has 2 amide bonds. The number of aryl methyl sites for hydroxylation is 1. The van der Waals surface area contributed by atoms with Gasteiger partial charge in [0.05, 0.1) is 18.3 Å². The van der Waals surface area contributed by atoms with Crippen LogP contribution in [0.15, 0.2) is 42.5 Å². The predicted molar refractivity (Wildman–Crippen MR) is 108 cm³/mol. The van der Waals surface area contributed by atoms with E-state index in [2.05, 4.69) is 34.1 Å². The molecular formula is C22H28N4O2. The maximum atomic E-state index is 12.7. The van der Waals surface area contributed by atoms with Gasteiger partial charge in [0.15, 0.2) is 0 Å². The molecule has 1 saturated heterocycles. The van der Waals surface area contributed by atoms with Crippen LogP contribution < -0.4 is 0 Å². The third-order valence-electron chi connectivity index (χ3n) is 5.59. The SMILES string of the molecule is Cc1cccc(CN2CCN(CC(O)CN3CCc4ccccc4C3)C2=O)n1. The zero-order chi connectivity index (χ0) is 19.5. The molecule has 2 aliphatic heterocycles. The number of aliphatic hydroxyl groups excluding tert-OH is 1. The Labute approximate surface area is 166 Å². The minimum absolute atomic E-state index is 0.00801. The fourth-order valence-electron chi connectivity index (χ4n) is 4.15. The van der Waals surface area contributed by atoms with E-state index >= 15 is 0 Å². The summed E-state index contributed by atoms with van der Waals surface area (Å²) in [7, 11) is 0. The number of amides is 2. The summed E-state index contributed by atoms with van der Waals surface area (Å²) in [6.45, 7) is 6.61. The Morgan fingerprint density at radius 2 is 1.79 bits per heavy atom. The van der Waals surface area contributed by atoms with Crippen LogP contribution in [-0.4, -0.2) is 69.6 Å². The van der Waals surface area contributed by atoms with Crippen LogP contribution >= 0.6 is 0 Å². The van der Waals surface area contributed by atoms with Crippen molar-refractivity contribution >= 4 is 6.03 Å². The van der Waals surface area contributed by atoms with E-state index in [-0.39, 0.29) is 6.03 Å². The summed E-state index contributed by atoms with van der Waals surface area (Å²) in [6, 6.07) is 14.4. The average molecular weight is 380 g/mol. The van der Waals surface area contributed by atoms with Gasteiger partial charge in [0.1, 0.15) is 0 Å². The number of aromatic nitrogens is 1.